The zero-order valence-electron chi connectivity index (χ0n) is 20.2. The highest BCUT2D eigenvalue weighted by molar-refractivity contribution is 6.23. The van der Waals surface area contributed by atoms with Crippen molar-refractivity contribution in [1.82, 2.24) is 0 Å². The third kappa shape index (κ3) is 3.39. The van der Waals surface area contributed by atoms with Crippen molar-refractivity contribution in [1.29, 1.82) is 0 Å². The molecule has 0 bridgehead atoms. The molecule has 6 aromatic rings. The van der Waals surface area contributed by atoms with Crippen molar-refractivity contribution in [3.8, 4) is 22.3 Å². The van der Waals surface area contributed by atoms with Crippen LogP contribution in [0.3, 0.4) is 0 Å². The minimum atomic E-state index is 0.967. The number of hydrogen-bond donors (Lipinski definition) is 0. The van der Waals surface area contributed by atoms with Gasteiger partial charge in [-0.05, 0) is 56.3 Å². The van der Waals surface area contributed by atoms with Crippen LogP contribution in [0.1, 0.15) is 31.6 Å². The Morgan fingerprint density at radius 1 is 0.600 bits per heavy atom. The highest BCUT2D eigenvalue weighted by Crippen LogP contribution is 2.46. The smallest absolute Gasteiger partial charge is 0.135 e. The van der Waals surface area contributed by atoms with Gasteiger partial charge in [-0.2, -0.15) is 0 Å². The number of fused-ring (bicyclic) bond motifs is 5. The molecule has 1 nitrogen and oxygen atoms in total. The van der Waals surface area contributed by atoms with E-state index in [4.69, 9.17) is 4.42 Å². The van der Waals surface area contributed by atoms with E-state index < -0.39 is 0 Å². The minimum Gasteiger partial charge on any atom is -0.460 e. The maximum absolute atomic E-state index is 6.32. The molecule has 0 saturated carbocycles. The lowest BCUT2D eigenvalue weighted by atomic mass is 9.84. The third-order valence-corrected chi connectivity index (χ3v) is 6.91. The standard InChI is InChI=1S/C32H22O.C2H6/c1-2-11-21(12-3-1)30-22-13-4-6-15-24(22)31(25-16-7-5-14-23(25)30)27-18-10-20-29-32(27)26-17-8-9-19-28(26)33-29;1-2/h1-8,10-18,20H,9,19H2;1-2H3. The summed E-state index contributed by atoms with van der Waals surface area (Å²) in [6, 6.07) is 34.9. The van der Waals surface area contributed by atoms with Crippen LogP contribution in [0.25, 0.3) is 60.8 Å². The molecule has 1 heterocycles. The molecule has 1 aromatic heterocycles. The molecule has 0 unspecified atom stereocenters. The van der Waals surface area contributed by atoms with Crippen LogP contribution >= 0.6 is 0 Å². The Balaban J connectivity index is 0.00000112. The second-order valence-electron chi connectivity index (χ2n) is 8.77. The fraction of sp³-hybridized carbons (Fsp3) is 0.118. The van der Waals surface area contributed by atoms with Crippen LogP contribution in [0.15, 0.2) is 108 Å². The first kappa shape index (κ1) is 21.4. The summed E-state index contributed by atoms with van der Waals surface area (Å²) in [5.74, 6) is 1.11. The molecule has 0 N–H and O–H groups in total. The summed E-state index contributed by atoms with van der Waals surface area (Å²) >= 11 is 0. The molecule has 0 saturated heterocycles. The second-order valence-corrected chi connectivity index (χ2v) is 8.77. The van der Waals surface area contributed by atoms with Gasteiger partial charge >= 0.3 is 0 Å². The van der Waals surface area contributed by atoms with Gasteiger partial charge in [0.1, 0.15) is 11.3 Å². The van der Waals surface area contributed by atoms with Gasteiger partial charge in [-0.15, -0.1) is 0 Å². The predicted octanol–water partition coefficient (Wildman–Crippen LogP) is 10.1. The molecule has 1 aliphatic rings. The fourth-order valence-corrected chi connectivity index (χ4v) is 5.54. The number of allylic oxidation sites excluding steroid dienone is 1. The monoisotopic (exact) mass is 452 g/mol. The Kier molecular flexibility index (Phi) is 5.47. The molecule has 0 atom stereocenters. The van der Waals surface area contributed by atoms with Gasteiger partial charge in [-0.25, -0.2) is 0 Å². The Hall–Kier alpha value is -4.10. The largest absolute Gasteiger partial charge is 0.460 e. The quantitative estimate of drug-likeness (QED) is 0.238. The zero-order chi connectivity index (χ0) is 23.8. The molecule has 1 heteroatoms. The van der Waals surface area contributed by atoms with Crippen LogP contribution in [-0.4, -0.2) is 0 Å². The highest BCUT2D eigenvalue weighted by Gasteiger charge is 2.22. The van der Waals surface area contributed by atoms with Gasteiger partial charge < -0.3 is 4.42 Å². The molecule has 0 radical (unpaired) electrons. The van der Waals surface area contributed by atoms with Crippen molar-refractivity contribution in [2.75, 3.05) is 0 Å². The van der Waals surface area contributed by atoms with Crippen LogP contribution in [0.5, 0.6) is 0 Å². The molecular formula is C34H28O. The maximum Gasteiger partial charge on any atom is 0.135 e. The van der Waals surface area contributed by atoms with E-state index >= 15 is 0 Å². The molecule has 35 heavy (non-hydrogen) atoms. The van der Waals surface area contributed by atoms with Crippen molar-refractivity contribution in [2.24, 2.45) is 0 Å². The summed E-state index contributed by atoms with van der Waals surface area (Å²) in [6.45, 7) is 4.00. The van der Waals surface area contributed by atoms with E-state index in [-0.39, 0.29) is 0 Å². The number of rotatable bonds is 2. The Bertz CT molecular complexity index is 1640. The molecule has 0 spiro atoms. The van der Waals surface area contributed by atoms with E-state index in [1.54, 1.807) is 0 Å². The predicted molar refractivity (Wildman–Crippen MR) is 151 cm³/mol. The van der Waals surface area contributed by atoms with Gasteiger partial charge in [0.05, 0.1) is 0 Å². The molecule has 1 aliphatic carbocycles. The van der Waals surface area contributed by atoms with E-state index in [0.717, 1.165) is 24.2 Å². The van der Waals surface area contributed by atoms with Gasteiger partial charge in [0.2, 0.25) is 0 Å². The lowest BCUT2D eigenvalue weighted by molar-refractivity contribution is 0.546. The van der Waals surface area contributed by atoms with Crippen molar-refractivity contribution in [2.45, 2.75) is 26.7 Å². The summed E-state index contributed by atoms with van der Waals surface area (Å²) in [5, 5.41) is 6.34. The molecule has 0 aliphatic heterocycles. The lowest BCUT2D eigenvalue weighted by Gasteiger charge is -2.18. The van der Waals surface area contributed by atoms with E-state index in [9.17, 15) is 0 Å². The lowest BCUT2D eigenvalue weighted by Crippen LogP contribution is -1.92. The average Bonchev–Trinajstić information content (AvgIpc) is 3.32. The molecule has 7 rings (SSSR count). The summed E-state index contributed by atoms with van der Waals surface area (Å²) < 4.78 is 6.32. The van der Waals surface area contributed by atoms with Crippen LogP contribution in [-0.2, 0) is 6.42 Å². The zero-order valence-corrected chi connectivity index (χ0v) is 20.2. The Morgan fingerprint density at radius 2 is 1.20 bits per heavy atom. The van der Waals surface area contributed by atoms with E-state index in [1.165, 1.54) is 54.7 Å². The first-order valence-corrected chi connectivity index (χ1v) is 12.6. The highest BCUT2D eigenvalue weighted by atomic mass is 16.3. The van der Waals surface area contributed by atoms with E-state index in [1.807, 2.05) is 13.8 Å². The van der Waals surface area contributed by atoms with Crippen molar-refractivity contribution in [3.05, 3.63) is 114 Å². The summed E-state index contributed by atoms with van der Waals surface area (Å²) in [7, 11) is 0. The molecule has 0 amide bonds. The van der Waals surface area contributed by atoms with E-state index in [0.29, 0.717) is 0 Å². The number of furan rings is 1. The van der Waals surface area contributed by atoms with E-state index in [2.05, 4.69) is 109 Å². The summed E-state index contributed by atoms with van der Waals surface area (Å²) in [4.78, 5) is 0. The van der Waals surface area contributed by atoms with Gasteiger partial charge in [0.25, 0.3) is 0 Å². The van der Waals surface area contributed by atoms with Crippen molar-refractivity contribution >= 4 is 38.6 Å². The summed E-state index contributed by atoms with van der Waals surface area (Å²) in [6.07, 6.45) is 6.52. The molecule has 170 valence electrons. The fourth-order valence-electron chi connectivity index (χ4n) is 5.54. The minimum absolute atomic E-state index is 0.967. The van der Waals surface area contributed by atoms with Crippen LogP contribution in [0.2, 0.25) is 0 Å². The Morgan fingerprint density at radius 3 is 1.86 bits per heavy atom. The van der Waals surface area contributed by atoms with Crippen molar-refractivity contribution in [3.63, 3.8) is 0 Å². The average molecular weight is 453 g/mol. The molecule has 0 fully saturated rings. The first-order chi connectivity index (χ1) is 17.4. The van der Waals surface area contributed by atoms with Gasteiger partial charge in [-0.3, -0.25) is 0 Å². The van der Waals surface area contributed by atoms with Crippen LogP contribution in [0, 0.1) is 0 Å². The molecule has 5 aromatic carbocycles. The SMILES string of the molecule is C1=Cc2c(oc3cccc(-c4c5ccccc5c(-c5ccccc5)c5ccccc45)c23)CC1.CC. The number of benzene rings is 5. The van der Waals surface area contributed by atoms with Gasteiger partial charge in [-0.1, -0.05) is 117 Å². The number of aryl methyl sites for hydroxylation is 1. The number of hydrogen-bond acceptors (Lipinski definition) is 1. The van der Waals surface area contributed by atoms with Crippen LogP contribution < -0.4 is 0 Å². The Labute approximate surface area is 206 Å². The van der Waals surface area contributed by atoms with Gasteiger partial charge in [0.15, 0.2) is 0 Å². The normalized spacial score (nSPS) is 12.5. The topological polar surface area (TPSA) is 13.1 Å². The summed E-state index contributed by atoms with van der Waals surface area (Å²) in [5.41, 5.74) is 7.30. The van der Waals surface area contributed by atoms with Gasteiger partial charge in [0, 0.05) is 17.4 Å². The maximum atomic E-state index is 6.32. The first-order valence-electron chi connectivity index (χ1n) is 12.6. The van der Waals surface area contributed by atoms with Crippen molar-refractivity contribution < 1.29 is 4.42 Å². The second kappa shape index (κ2) is 8.92. The van der Waals surface area contributed by atoms with Crippen LogP contribution in [0.4, 0.5) is 0 Å². The molecular weight excluding hydrogens is 424 g/mol. The third-order valence-electron chi connectivity index (χ3n) is 6.91.